The number of nitrogen functional groups attached to an aromatic ring is 1. The lowest BCUT2D eigenvalue weighted by atomic mass is 10.1. The number of aromatic nitrogens is 2. The number of para-hydroxylation sites is 1. The SMILES string of the molecule is COC(=O)c1ccccc1.N#CCC(=O)c1ccccc1.NCc1ccccc1.Nc1cc(-c2ccccc2)nn1-c1ccccc1. The Morgan fingerprint density at radius 1 is 0.723 bits per heavy atom. The molecule has 8 nitrogen and oxygen atoms in total. The Labute approximate surface area is 275 Å². The van der Waals surface area contributed by atoms with Gasteiger partial charge in [0.2, 0.25) is 0 Å². The summed E-state index contributed by atoms with van der Waals surface area (Å²) in [6, 6.07) is 51.3. The number of rotatable bonds is 6. The van der Waals surface area contributed by atoms with E-state index in [1.165, 1.54) is 12.7 Å². The second-order valence-corrected chi connectivity index (χ2v) is 9.74. The highest BCUT2D eigenvalue weighted by atomic mass is 16.5. The maximum atomic E-state index is 11.0. The van der Waals surface area contributed by atoms with Crippen molar-refractivity contribution in [2.45, 2.75) is 13.0 Å². The minimum Gasteiger partial charge on any atom is -0.465 e. The summed E-state index contributed by atoms with van der Waals surface area (Å²) in [6.07, 6.45) is -0.0377. The molecule has 236 valence electrons. The molecule has 0 spiro atoms. The van der Waals surface area contributed by atoms with E-state index in [9.17, 15) is 9.59 Å². The molecule has 0 aliphatic heterocycles. The standard InChI is InChI=1S/C15H13N3.C9H7NO.C8H8O2.C7H9N/c16-15-11-14(12-7-3-1-4-8-12)17-18(15)13-9-5-2-6-10-13;10-7-6-9(11)8-4-2-1-3-5-8;1-10-8(9)7-5-3-2-4-6-7;8-6-7-4-2-1-3-5-7/h1-11H,16H2;1-5H,6H2;2-6H,1H3;1-5H,6,8H2. The summed E-state index contributed by atoms with van der Waals surface area (Å²) in [5.74, 6) is 0.230. The van der Waals surface area contributed by atoms with Gasteiger partial charge in [0.25, 0.3) is 0 Å². The van der Waals surface area contributed by atoms with Gasteiger partial charge in [-0.1, -0.05) is 127 Å². The Hall–Kier alpha value is -6.30. The van der Waals surface area contributed by atoms with E-state index in [1.807, 2.05) is 115 Å². The average molecular weight is 624 g/mol. The molecule has 6 rings (SSSR count). The van der Waals surface area contributed by atoms with Gasteiger partial charge in [0, 0.05) is 23.7 Å². The Morgan fingerprint density at radius 3 is 1.66 bits per heavy atom. The molecule has 4 N–H and O–H groups in total. The fourth-order valence-electron chi connectivity index (χ4n) is 4.03. The summed E-state index contributed by atoms with van der Waals surface area (Å²) in [4.78, 5) is 21.8. The predicted octanol–water partition coefficient (Wildman–Crippen LogP) is 7.52. The number of carbonyl (C=O) groups excluding carboxylic acids is 2. The first-order chi connectivity index (χ1) is 23.0. The molecule has 0 atom stereocenters. The van der Waals surface area contributed by atoms with E-state index >= 15 is 0 Å². The fourth-order valence-corrected chi connectivity index (χ4v) is 4.03. The van der Waals surface area contributed by atoms with Gasteiger partial charge in [-0.25, -0.2) is 9.48 Å². The quantitative estimate of drug-likeness (QED) is 0.145. The van der Waals surface area contributed by atoms with Crippen LogP contribution in [0.15, 0.2) is 158 Å². The van der Waals surface area contributed by atoms with Gasteiger partial charge in [-0.05, 0) is 29.8 Å². The molecule has 0 unspecified atom stereocenters. The molecule has 0 aliphatic carbocycles. The Balaban J connectivity index is 0.000000180. The summed E-state index contributed by atoms with van der Waals surface area (Å²) < 4.78 is 6.25. The van der Waals surface area contributed by atoms with Crippen molar-refractivity contribution in [2.75, 3.05) is 12.8 Å². The highest BCUT2D eigenvalue weighted by Crippen LogP contribution is 2.22. The molecule has 0 saturated carbocycles. The van der Waals surface area contributed by atoms with Crippen LogP contribution in [0, 0.1) is 11.3 Å². The summed E-state index contributed by atoms with van der Waals surface area (Å²) in [7, 11) is 1.37. The van der Waals surface area contributed by atoms with Crippen LogP contribution in [0.5, 0.6) is 0 Å². The van der Waals surface area contributed by atoms with Crippen LogP contribution in [0.2, 0.25) is 0 Å². The molecule has 0 saturated heterocycles. The van der Waals surface area contributed by atoms with E-state index in [4.69, 9.17) is 16.7 Å². The third kappa shape index (κ3) is 12.0. The van der Waals surface area contributed by atoms with Crippen LogP contribution in [0.3, 0.4) is 0 Å². The molecule has 5 aromatic carbocycles. The van der Waals surface area contributed by atoms with Crippen LogP contribution in [-0.2, 0) is 11.3 Å². The molecular formula is C39H37N5O3. The fraction of sp³-hybridized carbons (Fsp3) is 0.0769. The van der Waals surface area contributed by atoms with E-state index in [-0.39, 0.29) is 18.2 Å². The largest absolute Gasteiger partial charge is 0.465 e. The zero-order valence-electron chi connectivity index (χ0n) is 26.1. The van der Waals surface area contributed by atoms with Crippen LogP contribution in [0.4, 0.5) is 5.82 Å². The Bertz CT molecular complexity index is 1800. The molecule has 47 heavy (non-hydrogen) atoms. The third-order valence-corrected chi connectivity index (χ3v) is 6.42. The van der Waals surface area contributed by atoms with Gasteiger partial charge in [0.1, 0.15) is 5.82 Å². The highest BCUT2D eigenvalue weighted by Gasteiger charge is 2.08. The number of nitriles is 1. The first-order valence-corrected chi connectivity index (χ1v) is 14.8. The molecule has 0 bridgehead atoms. The van der Waals surface area contributed by atoms with Crippen molar-refractivity contribution in [2.24, 2.45) is 5.73 Å². The van der Waals surface area contributed by atoms with Crippen molar-refractivity contribution in [3.63, 3.8) is 0 Å². The number of hydrogen-bond acceptors (Lipinski definition) is 7. The van der Waals surface area contributed by atoms with Crippen LogP contribution >= 0.6 is 0 Å². The second-order valence-electron chi connectivity index (χ2n) is 9.74. The molecular weight excluding hydrogens is 586 g/mol. The van der Waals surface area contributed by atoms with Crippen molar-refractivity contribution in [3.05, 3.63) is 174 Å². The van der Waals surface area contributed by atoms with Gasteiger partial charge in [-0.3, -0.25) is 4.79 Å². The first-order valence-electron chi connectivity index (χ1n) is 14.8. The van der Waals surface area contributed by atoms with Crippen molar-refractivity contribution in [1.29, 1.82) is 5.26 Å². The Kier molecular flexibility index (Phi) is 14.9. The molecule has 1 heterocycles. The second kappa shape index (κ2) is 19.9. The number of ether oxygens (including phenoxy) is 1. The number of nitrogens with two attached hydrogens (primary N) is 2. The lowest BCUT2D eigenvalue weighted by Crippen LogP contribution is -2.00. The number of benzene rings is 5. The summed E-state index contributed by atoms with van der Waals surface area (Å²) in [5.41, 5.74) is 16.7. The minimum atomic E-state index is -0.291. The number of anilines is 1. The third-order valence-electron chi connectivity index (χ3n) is 6.42. The van der Waals surface area contributed by atoms with Gasteiger partial charge in [0.05, 0.1) is 36.5 Å². The molecule has 8 heteroatoms. The summed E-state index contributed by atoms with van der Waals surface area (Å²) in [5, 5.41) is 12.8. The van der Waals surface area contributed by atoms with Gasteiger partial charge in [-0.15, -0.1) is 0 Å². The van der Waals surface area contributed by atoms with E-state index in [0.29, 0.717) is 23.5 Å². The van der Waals surface area contributed by atoms with Crippen molar-refractivity contribution in [1.82, 2.24) is 9.78 Å². The van der Waals surface area contributed by atoms with Crippen LogP contribution < -0.4 is 11.5 Å². The van der Waals surface area contributed by atoms with Gasteiger partial charge >= 0.3 is 5.97 Å². The van der Waals surface area contributed by atoms with Crippen molar-refractivity contribution in [3.8, 4) is 23.0 Å². The van der Waals surface area contributed by atoms with Crippen molar-refractivity contribution < 1.29 is 14.3 Å². The lowest BCUT2D eigenvalue weighted by Gasteiger charge is -2.02. The van der Waals surface area contributed by atoms with Crippen LogP contribution in [0.25, 0.3) is 16.9 Å². The van der Waals surface area contributed by atoms with Gasteiger partial charge in [0.15, 0.2) is 5.78 Å². The van der Waals surface area contributed by atoms with Gasteiger partial charge < -0.3 is 16.2 Å². The number of methoxy groups -OCH3 is 1. The normalized spacial score (nSPS) is 9.47. The average Bonchev–Trinajstić information content (AvgIpc) is 3.55. The topological polar surface area (TPSA) is 137 Å². The summed E-state index contributed by atoms with van der Waals surface area (Å²) in [6.45, 7) is 0.640. The van der Waals surface area contributed by atoms with Crippen molar-refractivity contribution >= 4 is 17.6 Å². The lowest BCUT2D eigenvalue weighted by molar-refractivity contribution is 0.0600. The molecule has 0 aliphatic rings. The van der Waals surface area contributed by atoms with Gasteiger partial charge in [-0.2, -0.15) is 10.4 Å². The van der Waals surface area contributed by atoms with E-state index < -0.39 is 0 Å². The number of nitrogens with zero attached hydrogens (tertiary/aromatic N) is 3. The molecule has 0 radical (unpaired) electrons. The first kappa shape index (κ1) is 35.2. The maximum Gasteiger partial charge on any atom is 0.337 e. The molecule has 0 amide bonds. The minimum absolute atomic E-state index is 0.0377. The molecule has 0 fully saturated rings. The number of carbonyl (C=O) groups is 2. The summed E-state index contributed by atoms with van der Waals surface area (Å²) >= 11 is 0. The zero-order valence-corrected chi connectivity index (χ0v) is 26.1. The van der Waals surface area contributed by atoms with E-state index in [0.717, 1.165) is 16.9 Å². The van der Waals surface area contributed by atoms with E-state index in [2.05, 4.69) is 9.84 Å². The molecule has 1 aromatic heterocycles. The Morgan fingerprint density at radius 2 is 1.19 bits per heavy atom. The highest BCUT2D eigenvalue weighted by molar-refractivity contribution is 5.97. The van der Waals surface area contributed by atoms with E-state index in [1.54, 1.807) is 53.2 Å². The number of hydrogen-bond donors (Lipinski definition) is 2. The maximum absolute atomic E-state index is 11.0. The van der Waals surface area contributed by atoms with Crippen LogP contribution in [-0.4, -0.2) is 28.6 Å². The molecule has 6 aromatic rings. The van der Waals surface area contributed by atoms with Crippen LogP contribution in [0.1, 0.15) is 32.7 Å². The monoisotopic (exact) mass is 623 g/mol. The number of ketones is 1. The number of Topliss-reactive ketones (excluding diaryl/α,β-unsaturated/α-hetero) is 1. The smallest absolute Gasteiger partial charge is 0.337 e. The zero-order chi connectivity index (χ0) is 33.7. The number of esters is 1. The predicted molar refractivity (Wildman–Crippen MR) is 187 cm³/mol.